The number of benzene rings is 2. The van der Waals surface area contributed by atoms with E-state index in [1.165, 1.54) is 22.3 Å². The van der Waals surface area contributed by atoms with Gasteiger partial charge >= 0.3 is 6.03 Å². The topological polar surface area (TPSA) is 30.0 Å². The van der Waals surface area contributed by atoms with E-state index in [1.807, 2.05) is 9.80 Å². The van der Waals surface area contributed by atoms with Crippen LogP contribution >= 0.6 is 11.6 Å². The molecule has 34 heavy (non-hydrogen) atoms. The molecular weight excluding hydrogens is 444 g/mol. The number of carbonyl (C=O) groups is 1. The zero-order chi connectivity index (χ0) is 23.8. The van der Waals surface area contributed by atoms with E-state index in [9.17, 15) is 4.79 Å². The van der Waals surface area contributed by atoms with Crippen LogP contribution in [0.15, 0.2) is 42.5 Å². The fourth-order valence-electron chi connectivity index (χ4n) is 5.94. The highest BCUT2D eigenvalue weighted by molar-refractivity contribution is 6.30. The van der Waals surface area contributed by atoms with Gasteiger partial charge in [-0.15, -0.1) is 0 Å². The largest absolute Gasteiger partial charge is 0.322 e. The number of amides is 2. The van der Waals surface area contributed by atoms with Crippen molar-refractivity contribution in [2.75, 3.05) is 52.4 Å². The monoisotopic (exact) mass is 480 g/mol. The van der Waals surface area contributed by atoms with Crippen molar-refractivity contribution < 1.29 is 4.79 Å². The van der Waals surface area contributed by atoms with Gasteiger partial charge in [0.1, 0.15) is 0 Å². The van der Waals surface area contributed by atoms with Gasteiger partial charge in [-0.05, 0) is 56.0 Å². The van der Waals surface area contributed by atoms with Crippen molar-refractivity contribution in [3.05, 3.63) is 69.7 Å². The third-order valence-electron chi connectivity index (χ3n) is 8.01. The van der Waals surface area contributed by atoms with Crippen LogP contribution in [0.5, 0.6) is 0 Å². The third-order valence-corrected chi connectivity index (χ3v) is 8.24. The molecule has 6 heteroatoms. The Kier molecular flexibility index (Phi) is 6.88. The van der Waals surface area contributed by atoms with Crippen molar-refractivity contribution in [1.82, 2.24) is 19.6 Å². The van der Waals surface area contributed by atoms with E-state index in [4.69, 9.17) is 11.6 Å². The van der Waals surface area contributed by atoms with Gasteiger partial charge in [0.25, 0.3) is 0 Å². The molecule has 0 aromatic heterocycles. The zero-order valence-electron chi connectivity index (χ0n) is 20.7. The number of hydrogen-bond acceptors (Lipinski definition) is 3. The molecule has 3 aliphatic rings. The molecule has 0 N–H and O–H groups in total. The fourth-order valence-corrected chi connectivity index (χ4v) is 6.12. The molecule has 2 aromatic carbocycles. The third kappa shape index (κ3) is 4.71. The molecule has 0 saturated carbocycles. The smallest absolute Gasteiger partial charge is 0.320 e. The minimum atomic E-state index is 0.206. The average molecular weight is 481 g/mol. The van der Waals surface area contributed by atoms with Crippen molar-refractivity contribution in [3.63, 3.8) is 0 Å². The first kappa shape index (κ1) is 23.7. The number of fused-ring (bicyclic) bond motifs is 1. The van der Waals surface area contributed by atoms with Gasteiger partial charge in [-0.3, -0.25) is 9.80 Å². The molecule has 0 spiro atoms. The molecule has 2 atom stereocenters. The van der Waals surface area contributed by atoms with Crippen LogP contribution in [0.25, 0.3) is 0 Å². The molecule has 2 aliphatic heterocycles. The van der Waals surface area contributed by atoms with Gasteiger partial charge < -0.3 is 9.80 Å². The van der Waals surface area contributed by atoms with Crippen LogP contribution in [0.4, 0.5) is 4.79 Å². The Labute approximate surface area is 209 Å². The number of carbonyl (C=O) groups excluding carboxylic acids is 1. The average Bonchev–Trinajstić information content (AvgIpc) is 3.39. The predicted octanol–water partition coefficient (Wildman–Crippen LogP) is 4.99. The highest BCUT2D eigenvalue weighted by Gasteiger charge is 2.37. The Morgan fingerprint density at radius 1 is 0.912 bits per heavy atom. The van der Waals surface area contributed by atoms with Crippen molar-refractivity contribution in [3.8, 4) is 0 Å². The summed E-state index contributed by atoms with van der Waals surface area (Å²) in [5.74, 6) is 0.405. The minimum Gasteiger partial charge on any atom is -0.322 e. The quantitative estimate of drug-likeness (QED) is 0.583. The number of nitrogens with zero attached hydrogens (tertiary/aromatic N) is 4. The minimum absolute atomic E-state index is 0.206. The maximum absolute atomic E-state index is 12.6. The first-order valence-electron chi connectivity index (χ1n) is 12.8. The highest BCUT2D eigenvalue weighted by atomic mass is 35.5. The van der Waals surface area contributed by atoms with Crippen LogP contribution in [0, 0.1) is 6.92 Å². The van der Waals surface area contributed by atoms with E-state index >= 15 is 0 Å². The van der Waals surface area contributed by atoms with Crippen LogP contribution in [-0.4, -0.2) is 84.0 Å². The first-order valence-corrected chi connectivity index (χ1v) is 13.2. The van der Waals surface area contributed by atoms with Gasteiger partial charge in [0.05, 0.1) is 0 Å². The molecule has 0 unspecified atom stereocenters. The highest BCUT2D eigenvalue weighted by Crippen LogP contribution is 2.47. The number of hydrogen-bond donors (Lipinski definition) is 0. The standard InChI is InChI=1S/C28H37ClN4O/c1-20(2)33-17-16-32(28(33)34)15-12-30-10-13-31(14-11-30)27-19-25(22-6-4-21(3)5-7-22)26-18-23(29)8-9-24(26)27/h4-9,18,20,25,27H,10-17,19H2,1-3H3/t25-,27+/m0/s1. The second kappa shape index (κ2) is 9.88. The molecule has 1 aliphatic carbocycles. The molecule has 182 valence electrons. The maximum atomic E-state index is 12.6. The number of urea groups is 1. The van der Waals surface area contributed by atoms with Crippen molar-refractivity contribution in [2.45, 2.75) is 45.2 Å². The summed E-state index contributed by atoms with van der Waals surface area (Å²) in [6.45, 7) is 14.1. The van der Waals surface area contributed by atoms with E-state index in [0.29, 0.717) is 12.0 Å². The summed E-state index contributed by atoms with van der Waals surface area (Å²) < 4.78 is 0. The molecule has 0 bridgehead atoms. The molecule has 0 radical (unpaired) electrons. The van der Waals surface area contributed by atoms with Gasteiger partial charge in [-0.2, -0.15) is 0 Å². The number of aryl methyl sites for hydroxylation is 1. The van der Waals surface area contributed by atoms with Gasteiger partial charge in [0.2, 0.25) is 0 Å². The Hall–Kier alpha value is -2.08. The van der Waals surface area contributed by atoms with Gasteiger partial charge in [-0.25, -0.2) is 4.79 Å². The second-order valence-electron chi connectivity index (χ2n) is 10.4. The number of rotatable bonds is 6. The van der Waals surface area contributed by atoms with E-state index in [0.717, 1.165) is 63.8 Å². The van der Waals surface area contributed by atoms with E-state index in [2.05, 4.69) is 73.0 Å². The molecular formula is C28H37ClN4O. The Bertz CT molecular complexity index is 1020. The van der Waals surface area contributed by atoms with Crippen LogP contribution in [-0.2, 0) is 0 Å². The summed E-state index contributed by atoms with van der Waals surface area (Å²) in [6.07, 6.45) is 1.12. The lowest BCUT2D eigenvalue weighted by molar-refractivity contribution is 0.0900. The Morgan fingerprint density at radius 2 is 1.65 bits per heavy atom. The first-order chi connectivity index (χ1) is 16.4. The van der Waals surface area contributed by atoms with Gasteiger partial charge in [-0.1, -0.05) is 47.5 Å². The lowest BCUT2D eigenvalue weighted by Gasteiger charge is -2.39. The molecule has 2 aromatic rings. The molecule has 5 nitrogen and oxygen atoms in total. The second-order valence-corrected chi connectivity index (χ2v) is 10.9. The Morgan fingerprint density at radius 3 is 2.32 bits per heavy atom. The van der Waals surface area contributed by atoms with E-state index < -0.39 is 0 Å². The van der Waals surface area contributed by atoms with Crippen LogP contribution < -0.4 is 0 Å². The van der Waals surface area contributed by atoms with Crippen molar-refractivity contribution >= 4 is 17.6 Å². The zero-order valence-corrected chi connectivity index (χ0v) is 21.5. The number of piperazine rings is 1. The predicted molar refractivity (Wildman–Crippen MR) is 139 cm³/mol. The normalized spacial score (nSPS) is 23.9. The van der Waals surface area contributed by atoms with Crippen molar-refractivity contribution in [1.29, 1.82) is 0 Å². The van der Waals surface area contributed by atoms with Gasteiger partial charge in [0, 0.05) is 75.4 Å². The molecule has 2 saturated heterocycles. The van der Waals surface area contributed by atoms with E-state index in [-0.39, 0.29) is 12.1 Å². The summed E-state index contributed by atoms with van der Waals surface area (Å²) in [6, 6.07) is 16.4. The lowest BCUT2D eigenvalue weighted by Crippen LogP contribution is -2.49. The van der Waals surface area contributed by atoms with Crippen LogP contribution in [0.3, 0.4) is 0 Å². The SMILES string of the molecule is Cc1ccc([C@@H]2C[C@@H](N3CCN(CCN4CCN(C(C)C)C4=O)CC3)c3ccc(Cl)cc32)cc1. The summed E-state index contributed by atoms with van der Waals surface area (Å²) in [4.78, 5) is 21.8. The van der Waals surface area contributed by atoms with E-state index in [1.54, 1.807) is 0 Å². The summed E-state index contributed by atoms with van der Waals surface area (Å²) in [7, 11) is 0. The van der Waals surface area contributed by atoms with Crippen LogP contribution in [0.2, 0.25) is 5.02 Å². The molecule has 2 amide bonds. The van der Waals surface area contributed by atoms with Crippen LogP contribution in [0.1, 0.15) is 54.5 Å². The lowest BCUT2D eigenvalue weighted by atomic mass is 9.92. The molecule has 2 heterocycles. The van der Waals surface area contributed by atoms with Gasteiger partial charge in [0.15, 0.2) is 0 Å². The van der Waals surface area contributed by atoms with Crippen molar-refractivity contribution in [2.24, 2.45) is 0 Å². The summed E-state index contributed by atoms with van der Waals surface area (Å²) in [5.41, 5.74) is 5.53. The Balaban J connectivity index is 1.20. The molecule has 5 rings (SSSR count). The summed E-state index contributed by atoms with van der Waals surface area (Å²) >= 11 is 6.43. The summed E-state index contributed by atoms with van der Waals surface area (Å²) in [5, 5.41) is 0.828. The maximum Gasteiger partial charge on any atom is 0.320 e. The number of halogens is 1. The molecule has 2 fully saturated rings. The fraction of sp³-hybridized carbons (Fsp3) is 0.536.